The van der Waals surface area contributed by atoms with Crippen LogP contribution in [0.25, 0.3) is 0 Å². The predicted octanol–water partition coefficient (Wildman–Crippen LogP) is 2.70. The Morgan fingerprint density at radius 1 is 1.33 bits per heavy atom. The number of anilines is 1. The number of amides is 1. The first-order chi connectivity index (χ1) is 8.40. The van der Waals surface area contributed by atoms with E-state index < -0.39 is 0 Å². The summed E-state index contributed by atoms with van der Waals surface area (Å²) in [5.74, 6) is 0.747. The fourth-order valence-electron chi connectivity index (χ4n) is 2.09. The van der Waals surface area contributed by atoms with Crippen LogP contribution in [0.4, 0.5) is 5.69 Å². The van der Waals surface area contributed by atoms with Gasteiger partial charge in [0.15, 0.2) is 0 Å². The van der Waals surface area contributed by atoms with Crippen LogP contribution in [0.2, 0.25) is 0 Å². The highest BCUT2D eigenvalue weighted by Crippen LogP contribution is 2.13. The van der Waals surface area contributed by atoms with Gasteiger partial charge in [0.05, 0.1) is 6.42 Å². The lowest BCUT2D eigenvalue weighted by molar-refractivity contribution is -0.131. The average Bonchev–Trinajstić information content (AvgIpc) is 2.27. The molecule has 18 heavy (non-hydrogen) atoms. The van der Waals surface area contributed by atoms with Gasteiger partial charge in [0.25, 0.3) is 0 Å². The molecule has 0 bridgehead atoms. The summed E-state index contributed by atoms with van der Waals surface area (Å²) in [5, 5.41) is 0. The molecule has 100 valence electrons. The van der Waals surface area contributed by atoms with Gasteiger partial charge in [-0.25, -0.2) is 0 Å². The highest BCUT2D eigenvalue weighted by Gasteiger charge is 2.16. The summed E-state index contributed by atoms with van der Waals surface area (Å²) in [6.45, 7) is 6.44. The summed E-state index contributed by atoms with van der Waals surface area (Å²) in [6, 6.07) is 7.79. The van der Waals surface area contributed by atoms with Gasteiger partial charge >= 0.3 is 0 Å². The first kappa shape index (κ1) is 14.6. The maximum Gasteiger partial charge on any atom is 0.226 e. The first-order valence-corrected chi connectivity index (χ1v) is 6.50. The van der Waals surface area contributed by atoms with Crippen molar-refractivity contribution in [2.24, 2.45) is 5.92 Å². The second kappa shape index (κ2) is 6.43. The van der Waals surface area contributed by atoms with Gasteiger partial charge in [0, 0.05) is 18.8 Å². The number of hydrogen-bond acceptors (Lipinski definition) is 2. The van der Waals surface area contributed by atoms with E-state index in [1.807, 2.05) is 36.2 Å². The van der Waals surface area contributed by atoms with Gasteiger partial charge < -0.3 is 10.6 Å². The Labute approximate surface area is 110 Å². The molecule has 0 aliphatic carbocycles. The van der Waals surface area contributed by atoms with Gasteiger partial charge in [-0.3, -0.25) is 4.79 Å². The normalized spacial score (nSPS) is 12.5. The lowest BCUT2D eigenvalue weighted by Gasteiger charge is -2.26. The van der Waals surface area contributed by atoms with Crippen molar-refractivity contribution in [3.63, 3.8) is 0 Å². The van der Waals surface area contributed by atoms with Crippen molar-refractivity contribution >= 4 is 11.6 Å². The van der Waals surface area contributed by atoms with Crippen molar-refractivity contribution in [1.82, 2.24) is 4.90 Å². The van der Waals surface area contributed by atoms with Crippen molar-refractivity contribution < 1.29 is 4.79 Å². The van der Waals surface area contributed by atoms with Gasteiger partial charge in [-0.1, -0.05) is 26.0 Å². The maximum atomic E-state index is 12.1. The molecule has 0 aliphatic heterocycles. The van der Waals surface area contributed by atoms with Crippen LogP contribution in [0.3, 0.4) is 0 Å². The molecule has 0 heterocycles. The third-order valence-corrected chi connectivity index (χ3v) is 3.17. The van der Waals surface area contributed by atoms with E-state index in [1.54, 1.807) is 0 Å². The zero-order valence-electron chi connectivity index (χ0n) is 11.8. The Morgan fingerprint density at radius 2 is 2.00 bits per heavy atom. The molecule has 0 saturated heterocycles. The van der Waals surface area contributed by atoms with Gasteiger partial charge in [-0.15, -0.1) is 0 Å². The molecular formula is C15H24N2O. The minimum Gasteiger partial charge on any atom is -0.399 e. The molecule has 1 aromatic carbocycles. The molecule has 0 aromatic heterocycles. The third-order valence-electron chi connectivity index (χ3n) is 3.17. The highest BCUT2D eigenvalue weighted by molar-refractivity contribution is 5.79. The third kappa shape index (κ3) is 4.40. The van der Waals surface area contributed by atoms with Crippen LogP contribution in [0.15, 0.2) is 24.3 Å². The molecule has 0 fully saturated rings. The number of carbonyl (C=O) groups is 1. The van der Waals surface area contributed by atoms with Crippen LogP contribution in [-0.2, 0) is 11.2 Å². The Balaban J connectivity index is 2.59. The number of rotatable bonds is 5. The number of nitrogens with two attached hydrogens (primary N) is 1. The highest BCUT2D eigenvalue weighted by atomic mass is 16.2. The van der Waals surface area contributed by atoms with E-state index in [9.17, 15) is 4.79 Å². The van der Waals surface area contributed by atoms with E-state index in [0.717, 1.165) is 12.0 Å². The second-order valence-electron chi connectivity index (χ2n) is 5.41. The van der Waals surface area contributed by atoms with Crippen LogP contribution in [0, 0.1) is 5.92 Å². The van der Waals surface area contributed by atoms with E-state index in [2.05, 4.69) is 20.8 Å². The van der Waals surface area contributed by atoms with Crippen LogP contribution < -0.4 is 5.73 Å². The standard InChI is InChI=1S/C15H24N2O/c1-11(2)8-12(3)17(4)15(18)10-13-6-5-7-14(16)9-13/h5-7,9,11-12H,8,10,16H2,1-4H3. The Hall–Kier alpha value is -1.51. The molecule has 2 N–H and O–H groups in total. The van der Waals surface area contributed by atoms with E-state index in [1.165, 1.54) is 0 Å². The smallest absolute Gasteiger partial charge is 0.226 e. The monoisotopic (exact) mass is 248 g/mol. The van der Waals surface area contributed by atoms with Crippen molar-refractivity contribution in [2.75, 3.05) is 12.8 Å². The zero-order chi connectivity index (χ0) is 13.7. The number of benzene rings is 1. The summed E-state index contributed by atoms with van der Waals surface area (Å²) < 4.78 is 0. The molecule has 3 heteroatoms. The average molecular weight is 248 g/mol. The second-order valence-corrected chi connectivity index (χ2v) is 5.41. The SMILES string of the molecule is CC(C)CC(C)N(C)C(=O)Cc1cccc(N)c1. The molecule has 1 amide bonds. The first-order valence-electron chi connectivity index (χ1n) is 6.50. The van der Waals surface area contributed by atoms with Gasteiger partial charge in [0.1, 0.15) is 0 Å². The number of nitrogen functional groups attached to an aromatic ring is 1. The number of carbonyl (C=O) groups excluding carboxylic acids is 1. The molecular weight excluding hydrogens is 224 g/mol. The number of hydrogen-bond donors (Lipinski definition) is 1. The van der Waals surface area contributed by atoms with Crippen LogP contribution >= 0.6 is 0 Å². The van der Waals surface area contributed by atoms with Crippen molar-refractivity contribution in [2.45, 2.75) is 39.7 Å². The number of likely N-dealkylation sites (N-methyl/N-ethyl adjacent to an activating group) is 1. The van der Waals surface area contributed by atoms with Crippen molar-refractivity contribution in [1.29, 1.82) is 0 Å². The Kier molecular flexibility index (Phi) is 5.20. The summed E-state index contributed by atoms with van der Waals surface area (Å²) in [4.78, 5) is 14.0. The summed E-state index contributed by atoms with van der Waals surface area (Å²) >= 11 is 0. The predicted molar refractivity (Wildman–Crippen MR) is 76.2 cm³/mol. The minimum absolute atomic E-state index is 0.147. The quantitative estimate of drug-likeness (QED) is 0.814. The maximum absolute atomic E-state index is 12.1. The van der Waals surface area contributed by atoms with E-state index >= 15 is 0 Å². The molecule has 0 spiro atoms. The lowest BCUT2D eigenvalue weighted by Crippen LogP contribution is -2.36. The van der Waals surface area contributed by atoms with Crippen molar-refractivity contribution in [3.05, 3.63) is 29.8 Å². The minimum atomic E-state index is 0.147. The molecule has 0 radical (unpaired) electrons. The molecule has 1 rings (SSSR count). The van der Waals surface area contributed by atoms with Crippen LogP contribution in [0.5, 0.6) is 0 Å². The summed E-state index contributed by atoms with van der Waals surface area (Å²) in [5.41, 5.74) is 7.39. The fourth-order valence-corrected chi connectivity index (χ4v) is 2.09. The summed E-state index contributed by atoms with van der Waals surface area (Å²) in [7, 11) is 1.88. The fraction of sp³-hybridized carbons (Fsp3) is 0.533. The van der Waals surface area contributed by atoms with Gasteiger partial charge in [0.2, 0.25) is 5.91 Å². The van der Waals surface area contributed by atoms with Crippen molar-refractivity contribution in [3.8, 4) is 0 Å². The van der Waals surface area contributed by atoms with E-state index in [0.29, 0.717) is 18.0 Å². The lowest BCUT2D eigenvalue weighted by atomic mass is 10.0. The Morgan fingerprint density at radius 3 is 2.56 bits per heavy atom. The Bertz CT molecular complexity index is 401. The van der Waals surface area contributed by atoms with Gasteiger partial charge in [-0.2, -0.15) is 0 Å². The summed E-state index contributed by atoms with van der Waals surface area (Å²) in [6.07, 6.45) is 1.45. The molecule has 1 unspecified atom stereocenters. The molecule has 3 nitrogen and oxygen atoms in total. The van der Waals surface area contributed by atoms with E-state index in [4.69, 9.17) is 5.73 Å². The van der Waals surface area contributed by atoms with Crippen LogP contribution in [0.1, 0.15) is 32.8 Å². The molecule has 1 atom stereocenters. The van der Waals surface area contributed by atoms with E-state index in [-0.39, 0.29) is 11.9 Å². The molecule has 0 aliphatic rings. The largest absolute Gasteiger partial charge is 0.399 e. The van der Waals surface area contributed by atoms with Crippen LogP contribution in [-0.4, -0.2) is 23.9 Å². The van der Waals surface area contributed by atoms with Gasteiger partial charge in [-0.05, 0) is 37.0 Å². The zero-order valence-corrected chi connectivity index (χ0v) is 11.8. The molecule has 0 saturated carbocycles. The number of nitrogens with zero attached hydrogens (tertiary/aromatic N) is 1. The topological polar surface area (TPSA) is 46.3 Å². The molecule has 1 aromatic rings.